The topological polar surface area (TPSA) is 45.4 Å². The van der Waals surface area contributed by atoms with E-state index in [-0.39, 0.29) is 11.6 Å². The summed E-state index contributed by atoms with van der Waals surface area (Å²) in [6, 6.07) is 17.2. The van der Waals surface area contributed by atoms with Crippen LogP contribution in [0.15, 0.2) is 59.1 Å². The Balaban J connectivity index is 1.46. The Bertz CT molecular complexity index is 813. The molecular weight excluding hydrogens is 307 g/mol. The van der Waals surface area contributed by atoms with Crippen LogP contribution >= 0.6 is 0 Å². The van der Waals surface area contributed by atoms with Crippen molar-refractivity contribution in [2.24, 2.45) is 0 Å². The number of hydrogen-bond donors (Lipinski definition) is 0. The van der Waals surface area contributed by atoms with E-state index < -0.39 is 0 Å². The van der Waals surface area contributed by atoms with Crippen molar-refractivity contribution in [1.29, 1.82) is 0 Å². The van der Waals surface area contributed by atoms with Crippen molar-refractivity contribution in [3.63, 3.8) is 0 Å². The molecule has 0 bridgehead atoms. The summed E-state index contributed by atoms with van der Waals surface area (Å²) in [7, 11) is 0. The average Bonchev–Trinajstić information content (AvgIpc) is 3.13. The molecule has 0 aliphatic carbocycles. The van der Waals surface area contributed by atoms with Crippen molar-refractivity contribution in [2.45, 2.75) is 0 Å². The minimum atomic E-state index is -0.348. The van der Waals surface area contributed by atoms with E-state index in [9.17, 15) is 4.39 Å². The maximum Gasteiger partial charge on any atom is 0.324 e. The van der Waals surface area contributed by atoms with Crippen molar-refractivity contribution in [3.05, 3.63) is 60.4 Å². The van der Waals surface area contributed by atoms with E-state index in [0.717, 1.165) is 26.2 Å². The zero-order valence-electron chi connectivity index (χ0n) is 13.1. The number of rotatable bonds is 3. The monoisotopic (exact) mass is 324 g/mol. The van der Waals surface area contributed by atoms with Gasteiger partial charge in [-0.2, -0.15) is 4.98 Å². The molecule has 0 N–H and O–H groups in total. The molecule has 0 unspecified atom stereocenters. The number of halogens is 1. The standard InChI is InChI=1S/C18H17FN4O/c19-16-9-5-4-8-15(16)17-20-18(24-21-17)23-12-10-22(11-13-23)14-6-2-1-3-7-14/h1-9H,10-13H2. The van der Waals surface area contributed by atoms with Gasteiger partial charge in [0.2, 0.25) is 5.82 Å². The fourth-order valence-electron chi connectivity index (χ4n) is 2.89. The van der Waals surface area contributed by atoms with Gasteiger partial charge in [0.15, 0.2) is 0 Å². The molecule has 6 heteroatoms. The molecule has 0 radical (unpaired) electrons. The Morgan fingerprint density at radius 2 is 1.50 bits per heavy atom. The molecule has 2 heterocycles. The van der Waals surface area contributed by atoms with Crippen LogP contribution in [-0.4, -0.2) is 36.3 Å². The number of aromatic nitrogens is 2. The second kappa shape index (κ2) is 6.31. The molecule has 24 heavy (non-hydrogen) atoms. The number of piperazine rings is 1. The van der Waals surface area contributed by atoms with Gasteiger partial charge in [-0.3, -0.25) is 0 Å². The fraction of sp³-hybridized carbons (Fsp3) is 0.222. The number of anilines is 2. The highest BCUT2D eigenvalue weighted by molar-refractivity contribution is 5.56. The second-order valence-corrected chi connectivity index (χ2v) is 5.69. The lowest BCUT2D eigenvalue weighted by Gasteiger charge is -2.34. The Kier molecular flexibility index (Phi) is 3.86. The maximum absolute atomic E-state index is 13.8. The predicted molar refractivity (Wildman–Crippen MR) is 90.6 cm³/mol. The highest BCUT2D eigenvalue weighted by Gasteiger charge is 2.22. The largest absolute Gasteiger partial charge is 0.368 e. The summed E-state index contributed by atoms with van der Waals surface area (Å²) in [4.78, 5) is 8.71. The Labute approximate surface area is 139 Å². The van der Waals surface area contributed by atoms with Gasteiger partial charge >= 0.3 is 6.01 Å². The summed E-state index contributed by atoms with van der Waals surface area (Å²) >= 11 is 0. The van der Waals surface area contributed by atoms with Crippen LogP contribution in [0.2, 0.25) is 0 Å². The first-order chi connectivity index (χ1) is 11.8. The van der Waals surface area contributed by atoms with Crippen LogP contribution < -0.4 is 9.80 Å². The molecule has 1 fully saturated rings. The molecule has 1 aliphatic rings. The molecular formula is C18H17FN4O. The van der Waals surface area contributed by atoms with Gasteiger partial charge in [0.25, 0.3) is 0 Å². The molecule has 2 aromatic carbocycles. The smallest absolute Gasteiger partial charge is 0.324 e. The summed E-state index contributed by atoms with van der Waals surface area (Å²) in [5.74, 6) is -0.0627. The number of para-hydroxylation sites is 1. The lowest BCUT2D eigenvalue weighted by Crippen LogP contribution is -2.46. The molecule has 122 valence electrons. The highest BCUT2D eigenvalue weighted by atomic mass is 19.1. The highest BCUT2D eigenvalue weighted by Crippen LogP contribution is 2.24. The summed E-state index contributed by atoms with van der Waals surface area (Å²) in [5, 5.41) is 3.92. The van der Waals surface area contributed by atoms with Crippen molar-refractivity contribution in [2.75, 3.05) is 36.0 Å². The van der Waals surface area contributed by atoms with Gasteiger partial charge in [0, 0.05) is 31.9 Å². The fourth-order valence-corrected chi connectivity index (χ4v) is 2.89. The van der Waals surface area contributed by atoms with E-state index in [1.165, 1.54) is 11.8 Å². The first-order valence-corrected chi connectivity index (χ1v) is 7.95. The molecule has 0 spiro atoms. The lowest BCUT2D eigenvalue weighted by molar-refractivity contribution is 0.409. The van der Waals surface area contributed by atoms with Crippen LogP contribution in [0.5, 0.6) is 0 Å². The van der Waals surface area contributed by atoms with Crippen LogP contribution in [0.4, 0.5) is 16.1 Å². The molecule has 0 amide bonds. The summed E-state index contributed by atoms with van der Waals surface area (Å²) in [6.45, 7) is 3.32. The minimum absolute atomic E-state index is 0.286. The number of hydrogen-bond acceptors (Lipinski definition) is 5. The Hall–Kier alpha value is -2.89. The first-order valence-electron chi connectivity index (χ1n) is 7.95. The Morgan fingerprint density at radius 1 is 0.833 bits per heavy atom. The summed E-state index contributed by atoms with van der Waals surface area (Å²) in [5.41, 5.74) is 1.57. The maximum atomic E-state index is 13.8. The van der Waals surface area contributed by atoms with E-state index >= 15 is 0 Å². The number of nitrogens with zero attached hydrogens (tertiary/aromatic N) is 4. The number of benzene rings is 2. The van der Waals surface area contributed by atoms with Crippen LogP contribution in [-0.2, 0) is 0 Å². The van der Waals surface area contributed by atoms with Gasteiger partial charge in [0.1, 0.15) is 5.82 Å². The second-order valence-electron chi connectivity index (χ2n) is 5.69. The summed E-state index contributed by atoms with van der Waals surface area (Å²) < 4.78 is 19.2. The molecule has 0 atom stereocenters. The van der Waals surface area contributed by atoms with Gasteiger partial charge in [-0.05, 0) is 24.3 Å². The molecule has 5 nitrogen and oxygen atoms in total. The van der Waals surface area contributed by atoms with E-state index in [1.54, 1.807) is 18.2 Å². The van der Waals surface area contributed by atoms with Gasteiger partial charge in [-0.1, -0.05) is 35.5 Å². The van der Waals surface area contributed by atoms with Crippen LogP contribution in [0.25, 0.3) is 11.4 Å². The van der Waals surface area contributed by atoms with Crippen molar-refractivity contribution in [1.82, 2.24) is 10.1 Å². The van der Waals surface area contributed by atoms with Crippen LogP contribution in [0.1, 0.15) is 0 Å². The van der Waals surface area contributed by atoms with Crippen LogP contribution in [0, 0.1) is 5.82 Å². The van der Waals surface area contributed by atoms with Gasteiger partial charge in [-0.25, -0.2) is 4.39 Å². The zero-order chi connectivity index (χ0) is 16.4. The predicted octanol–water partition coefficient (Wildman–Crippen LogP) is 3.20. The van der Waals surface area contributed by atoms with Crippen molar-refractivity contribution < 1.29 is 8.91 Å². The zero-order valence-corrected chi connectivity index (χ0v) is 13.1. The van der Waals surface area contributed by atoms with Gasteiger partial charge in [0.05, 0.1) is 5.56 Å². The molecule has 3 aromatic rings. The van der Waals surface area contributed by atoms with E-state index in [1.807, 2.05) is 23.1 Å². The third-order valence-corrected chi connectivity index (χ3v) is 4.20. The lowest BCUT2D eigenvalue weighted by atomic mass is 10.2. The van der Waals surface area contributed by atoms with E-state index in [4.69, 9.17) is 4.52 Å². The van der Waals surface area contributed by atoms with E-state index in [2.05, 4.69) is 27.2 Å². The third-order valence-electron chi connectivity index (χ3n) is 4.20. The van der Waals surface area contributed by atoms with E-state index in [0.29, 0.717) is 11.6 Å². The normalized spacial score (nSPS) is 14.9. The summed E-state index contributed by atoms with van der Waals surface area (Å²) in [6.07, 6.45) is 0. The third kappa shape index (κ3) is 2.82. The Morgan fingerprint density at radius 3 is 2.25 bits per heavy atom. The molecule has 1 saturated heterocycles. The van der Waals surface area contributed by atoms with Crippen molar-refractivity contribution >= 4 is 11.7 Å². The SMILES string of the molecule is Fc1ccccc1-c1noc(N2CCN(c3ccccc3)CC2)n1. The quantitative estimate of drug-likeness (QED) is 0.740. The van der Waals surface area contributed by atoms with Crippen molar-refractivity contribution in [3.8, 4) is 11.4 Å². The molecule has 1 aliphatic heterocycles. The molecule has 4 rings (SSSR count). The average molecular weight is 324 g/mol. The van der Waals surface area contributed by atoms with Crippen LogP contribution in [0.3, 0.4) is 0 Å². The van der Waals surface area contributed by atoms with Gasteiger partial charge < -0.3 is 14.3 Å². The molecule has 1 aromatic heterocycles. The minimum Gasteiger partial charge on any atom is -0.368 e. The first kappa shape index (κ1) is 14.7. The molecule has 0 saturated carbocycles. The van der Waals surface area contributed by atoms with Gasteiger partial charge in [-0.15, -0.1) is 0 Å².